The van der Waals surface area contributed by atoms with Crippen LogP contribution in [-0.4, -0.2) is 0 Å². The van der Waals surface area contributed by atoms with Gasteiger partial charge in [-0.05, 0) is 30.5 Å². The number of benzene rings is 3. The molecule has 0 aliphatic rings. The lowest BCUT2D eigenvalue weighted by Crippen LogP contribution is -2.08. The molecule has 0 saturated heterocycles. The first-order chi connectivity index (χ1) is 9.79. The summed E-state index contributed by atoms with van der Waals surface area (Å²) in [5.41, 5.74) is 3.54. The minimum absolute atomic E-state index is 1.13. The summed E-state index contributed by atoms with van der Waals surface area (Å²) in [6.45, 7) is 6.07. The van der Waals surface area contributed by atoms with Crippen molar-refractivity contribution in [1.82, 2.24) is 0 Å². The first-order valence-corrected chi connectivity index (χ1v) is 6.76. The number of nitrogens with zero attached hydrogens (tertiary/aromatic N) is 1. The predicted octanol–water partition coefficient (Wildman–Crippen LogP) is 5.43. The topological polar surface area (TPSA) is 3.24 Å². The van der Waals surface area contributed by atoms with Gasteiger partial charge in [-0.3, -0.25) is 0 Å². The van der Waals surface area contributed by atoms with Gasteiger partial charge in [0.05, 0.1) is 5.69 Å². The molecule has 0 radical (unpaired) electrons. The third kappa shape index (κ3) is 2.19. The molecule has 0 amide bonds. The van der Waals surface area contributed by atoms with Gasteiger partial charge < -0.3 is 4.90 Å². The second-order valence-corrected chi connectivity index (χ2v) is 4.89. The standard InChI is InChI=1S/C19H17N/c1-3-20(17-13-11-15(2)12-14-17)19-10-6-8-16-7-4-5-9-18(16)19/h3-14H,1H2,2H3. The normalized spacial score (nSPS) is 10.4. The zero-order valence-corrected chi connectivity index (χ0v) is 11.6. The van der Waals surface area contributed by atoms with E-state index in [2.05, 4.69) is 85.1 Å². The lowest BCUT2D eigenvalue weighted by Gasteiger charge is -2.22. The van der Waals surface area contributed by atoms with Crippen molar-refractivity contribution in [2.45, 2.75) is 6.92 Å². The summed E-state index contributed by atoms with van der Waals surface area (Å²) in [5.74, 6) is 0. The van der Waals surface area contributed by atoms with Crippen LogP contribution in [0.2, 0.25) is 0 Å². The molecular weight excluding hydrogens is 242 g/mol. The van der Waals surface area contributed by atoms with Crippen LogP contribution in [0.15, 0.2) is 79.5 Å². The van der Waals surface area contributed by atoms with Gasteiger partial charge in [0, 0.05) is 17.3 Å². The van der Waals surface area contributed by atoms with E-state index in [0.29, 0.717) is 0 Å². The van der Waals surface area contributed by atoms with Crippen LogP contribution in [0.1, 0.15) is 5.56 Å². The van der Waals surface area contributed by atoms with Crippen molar-refractivity contribution < 1.29 is 0 Å². The van der Waals surface area contributed by atoms with Crippen LogP contribution < -0.4 is 4.90 Å². The second-order valence-electron chi connectivity index (χ2n) is 4.89. The fraction of sp³-hybridized carbons (Fsp3) is 0.0526. The lowest BCUT2D eigenvalue weighted by molar-refractivity contribution is 1.29. The molecule has 0 atom stereocenters. The van der Waals surface area contributed by atoms with Crippen molar-refractivity contribution in [2.24, 2.45) is 0 Å². The van der Waals surface area contributed by atoms with Crippen LogP contribution in [0.5, 0.6) is 0 Å². The van der Waals surface area contributed by atoms with E-state index in [4.69, 9.17) is 0 Å². The Hall–Kier alpha value is -2.54. The SMILES string of the molecule is C=CN(c1ccc(C)cc1)c1cccc2ccccc12. The largest absolute Gasteiger partial charge is 0.317 e. The summed E-state index contributed by atoms with van der Waals surface area (Å²) in [4.78, 5) is 2.13. The first-order valence-electron chi connectivity index (χ1n) is 6.76. The number of rotatable bonds is 3. The predicted molar refractivity (Wildman–Crippen MR) is 87.5 cm³/mol. The Morgan fingerprint density at radius 2 is 1.55 bits per heavy atom. The molecule has 20 heavy (non-hydrogen) atoms. The Kier molecular flexibility index (Phi) is 3.26. The molecule has 0 aromatic heterocycles. The number of anilines is 2. The van der Waals surface area contributed by atoms with Gasteiger partial charge in [-0.1, -0.05) is 60.7 Å². The van der Waals surface area contributed by atoms with Crippen LogP contribution >= 0.6 is 0 Å². The van der Waals surface area contributed by atoms with Crippen molar-refractivity contribution >= 4 is 22.1 Å². The molecule has 1 nitrogen and oxygen atoms in total. The van der Waals surface area contributed by atoms with Crippen LogP contribution in [0.4, 0.5) is 11.4 Å². The second kappa shape index (κ2) is 5.22. The van der Waals surface area contributed by atoms with E-state index in [1.165, 1.54) is 16.3 Å². The highest BCUT2D eigenvalue weighted by atomic mass is 15.1. The van der Waals surface area contributed by atoms with Gasteiger partial charge in [-0.2, -0.15) is 0 Å². The molecule has 0 aliphatic heterocycles. The highest BCUT2D eigenvalue weighted by Gasteiger charge is 2.08. The van der Waals surface area contributed by atoms with Gasteiger partial charge >= 0.3 is 0 Å². The maximum absolute atomic E-state index is 3.97. The Morgan fingerprint density at radius 3 is 2.30 bits per heavy atom. The molecule has 0 bridgehead atoms. The average molecular weight is 259 g/mol. The van der Waals surface area contributed by atoms with Gasteiger partial charge in [0.1, 0.15) is 0 Å². The zero-order chi connectivity index (χ0) is 13.9. The highest BCUT2D eigenvalue weighted by Crippen LogP contribution is 2.32. The number of aryl methyl sites for hydroxylation is 1. The molecule has 3 rings (SSSR count). The zero-order valence-electron chi connectivity index (χ0n) is 11.6. The fourth-order valence-electron chi connectivity index (χ4n) is 2.47. The van der Waals surface area contributed by atoms with Crippen LogP contribution in [0, 0.1) is 6.92 Å². The van der Waals surface area contributed by atoms with E-state index in [1.807, 2.05) is 6.20 Å². The molecule has 0 fully saturated rings. The first kappa shape index (κ1) is 12.5. The highest BCUT2D eigenvalue weighted by molar-refractivity contribution is 5.96. The average Bonchev–Trinajstić information content (AvgIpc) is 2.50. The molecule has 98 valence electrons. The van der Waals surface area contributed by atoms with Crippen molar-refractivity contribution in [1.29, 1.82) is 0 Å². The van der Waals surface area contributed by atoms with Gasteiger partial charge in [0.25, 0.3) is 0 Å². The Morgan fingerprint density at radius 1 is 0.850 bits per heavy atom. The molecule has 3 aromatic rings. The van der Waals surface area contributed by atoms with E-state index in [-0.39, 0.29) is 0 Å². The summed E-state index contributed by atoms with van der Waals surface area (Å²) >= 11 is 0. The lowest BCUT2D eigenvalue weighted by atomic mass is 10.1. The van der Waals surface area contributed by atoms with Gasteiger partial charge in [0.15, 0.2) is 0 Å². The third-order valence-corrected chi connectivity index (χ3v) is 3.52. The molecule has 0 spiro atoms. The van der Waals surface area contributed by atoms with Crippen LogP contribution in [0.3, 0.4) is 0 Å². The third-order valence-electron chi connectivity index (χ3n) is 3.52. The quantitative estimate of drug-likeness (QED) is 0.606. The monoisotopic (exact) mass is 259 g/mol. The van der Waals surface area contributed by atoms with E-state index in [0.717, 1.165) is 11.4 Å². The van der Waals surface area contributed by atoms with Gasteiger partial charge in [-0.15, -0.1) is 0 Å². The molecule has 0 saturated carbocycles. The van der Waals surface area contributed by atoms with E-state index < -0.39 is 0 Å². The number of hydrogen-bond donors (Lipinski definition) is 0. The summed E-state index contributed by atoms with van der Waals surface area (Å²) in [6.07, 6.45) is 1.87. The van der Waals surface area contributed by atoms with E-state index in [1.54, 1.807) is 0 Å². The summed E-state index contributed by atoms with van der Waals surface area (Å²) in [5, 5.41) is 2.47. The van der Waals surface area contributed by atoms with Crippen LogP contribution in [-0.2, 0) is 0 Å². The van der Waals surface area contributed by atoms with Crippen molar-refractivity contribution in [3.05, 3.63) is 85.1 Å². The molecule has 0 N–H and O–H groups in total. The Labute approximate surface area is 119 Å². The molecule has 0 heterocycles. The van der Waals surface area contributed by atoms with Gasteiger partial charge in [-0.25, -0.2) is 0 Å². The number of fused-ring (bicyclic) bond motifs is 1. The molecule has 0 unspecified atom stereocenters. The van der Waals surface area contributed by atoms with Crippen LogP contribution in [0.25, 0.3) is 10.8 Å². The van der Waals surface area contributed by atoms with Crippen molar-refractivity contribution in [2.75, 3.05) is 4.90 Å². The molecule has 3 aromatic carbocycles. The summed E-state index contributed by atoms with van der Waals surface area (Å²) in [7, 11) is 0. The maximum atomic E-state index is 3.97. The van der Waals surface area contributed by atoms with Crippen molar-refractivity contribution in [3.63, 3.8) is 0 Å². The molecule has 0 aliphatic carbocycles. The Balaban J connectivity index is 2.16. The summed E-state index contributed by atoms with van der Waals surface area (Å²) in [6, 6.07) is 23.3. The molecule has 1 heteroatoms. The van der Waals surface area contributed by atoms with E-state index in [9.17, 15) is 0 Å². The van der Waals surface area contributed by atoms with Gasteiger partial charge in [0.2, 0.25) is 0 Å². The fourth-order valence-corrected chi connectivity index (χ4v) is 2.47. The van der Waals surface area contributed by atoms with Crippen molar-refractivity contribution in [3.8, 4) is 0 Å². The summed E-state index contributed by atoms with van der Waals surface area (Å²) < 4.78 is 0. The number of hydrogen-bond acceptors (Lipinski definition) is 1. The van der Waals surface area contributed by atoms with E-state index >= 15 is 0 Å². The minimum Gasteiger partial charge on any atom is -0.317 e. The maximum Gasteiger partial charge on any atom is 0.0533 e. The smallest absolute Gasteiger partial charge is 0.0533 e. The Bertz CT molecular complexity index is 736. The molecular formula is C19H17N. The minimum atomic E-state index is 1.13.